The van der Waals surface area contributed by atoms with Crippen molar-refractivity contribution in [2.24, 2.45) is 0 Å². The predicted octanol–water partition coefficient (Wildman–Crippen LogP) is 6.71. The number of allylic oxidation sites excluding steroid dienone is 3. The van der Waals surface area contributed by atoms with Gasteiger partial charge < -0.3 is 9.47 Å². The molecule has 0 saturated heterocycles. The number of fused-ring (bicyclic) bond motifs is 1. The highest BCUT2D eigenvalue weighted by Gasteiger charge is 2.19. The summed E-state index contributed by atoms with van der Waals surface area (Å²) in [5.41, 5.74) is 3.39. The zero-order valence-corrected chi connectivity index (χ0v) is 17.7. The van der Waals surface area contributed by atoms with Gasteiger partial charge in [-0.15, -0.1) is 0 Å². The Labute approximate surface area is 169 Å². The van der Waals surface area contributed by atoms with Gasteiger partial charge in [0.15, 0.2) is 0 Å². The minimum atomic E-state index is 0.538. The fraction of sp³-hybridized carbons (Fsp3) is 0.360. The average molecular weight is 381 g/mol. The van der Waals surface area contributed by atoms with Crippen molar-refractivity contribution in [3.05, 3.63) is 65.9 Å². The van der Waals surface area contributed by atoms with E-state index in [1.807, 2.05) is 75.2 Å². The van der Waals surface area contributed by atoms with Crippen molar-refractivity contribution in [2.45, 2.75) is 47.5 Å². The van der Waals surface area contributed by atoms with Crippen LogP contribution in [0.15, 0.2) is 60.4 Å². The number of ether oxygens (including phenoxy) is 2. The van der Waals surface area contributed by atoms with Crippen molar-refractivity contribution in [1.29, 1.82) is 0 Å². The summed E-state index contributed by atoms with van der Waals surface area (Å²) in [6.07, 6.45) is 3.99. The van der Waals surface area contributed by atoms with Gasteiger partial charge in [-0.05, 0) is 37.5 Å². The Morgan fingerprint density at radius 3 is 2.07 bits per heavy atom. The van der Waals surface area contributed by atoms with Crippen LogP contribution in [0.5, 0.6) is 5.75 Å². The number of hydrogen-bond donors (Lipinski definition) is 0. The lowest BCUT2D eigenvalue weighted by Gasteiger charge is -2.19. The van der Waals surface area contributed by atoms with Crippen LogP contribution in [-0.4, -0.2) is 19.2 Å². The molecule has 0 fully saturated rings. The molecule has 0 aromatic heterocycles. The van der Waals surface area contributed by atoms with Crippen LogP contribution < -0.4 is 4.74 Å². The molecule has 0 atom stereocenters. The second-order valence-corrected chi connectivity index (χ2v) is 6.03. The summed E-state index contributed by atoms with van der Waals surface area (Å²) in [6.45, 7) is 11.9. The highest BCUT2D eigenvalue weighted by Crippen LogP contribution is 2.40. The van der Waals surface area contributed by atoms with E-state index in [2.05, 4.69) is 13.8 Å². The third-order valence-electron chi connectivity index (χ3n) is 3.81. The van der Waals surface area contributed by atoms with E-state index < -0.39 is 0 Å². The molecule has 0 spiro atoms. The Morgan fingerprint density at radius 1 is 0.893 bits per heavy atom. The van der Waals surface area contributed by atoms with Crippen LogP contribution in [0.4, 0.5) is 0 Å². The third-order valence-corrected chi connectivity index (χ3v) is 3.81. The first-order chi connectivity index (χ1) is 13.7. The molecule has 0 amide bonds. The summed E-state index contributed by atoms with van der Waals surface area (Å²) in [7, 11) is 0. The van der Waals surface area contributed by atoms with Crippen LogP contribution in [0.25, 0.3) is 16.7 Å². The van der Waals surface area contributed by atoms with E-state index >= 15 is 0 Å². The van der Waals surface area contributed by atoms with Crippen LogP contribution in [0.3, 0.4) is 0 Å². The molecule has 150 valence electrons. The van der Waals surface area contributed by atoms with Gasteiger partial charge >= 0.3 is 0 Å². The Balaban J connectivity index is 0.000000372. The van der Waals surface area contributed by atoms with Gasteiger partial charge in [-0.2, -0.15) is 0 Å². The Hall–Kier alpha value is -2.61. The largest absolute Gasteiger partial charge is 0.461 e. The normalized spacial score (nSPS) is 11.5. The summed E-state index contributed by atoms with van der Waals surface area (Å²) in [5, 5.41) is 0. The molecule has 0 N–H and O–H groups in total. The number of rotatable bonds is 5. The smallest absolute Gasteiger partial charge is 0.143 e. The standard InChI is InChI=1S/C17H12O2.C6H14O.C2H6/c1-12-10-14(11-18)16-9-5-8-15(17(16)19-12)13-6-3-2-4-7-13;1-3-5-7-6-4-2;1-2/h2-10H,1H3;3-6H2,1-2H3;1-2H3. The molecule has 0 unspecified atom stereocenters. The Kier molecular flexibility index (Phi) is 11.3. The van der Waals surface area contributed by atoms with Crippen molar-refractivity contribution in [3.8, 4) is 16.9 Å². The molecule has 3 rings (SSSR count). The predicted molar refractivity (Wildman–Crippen MR) is 118 cm³/mol. The van der Waals surface area contributed by atoms with E-state index in [4.69, 9.17) is 9.47 Å². The maximum absolute atomic E-state index is 11.1. The molecule has 1 aliphatic heterocycles. The molecule has 0 saturated carbocycles. The molecular weight excluding hydrogens is 348 g/mol. The molecule has 2 aromatic rings. The number of carbonyl (C=O) groups excluding carboxylic acids is 1. The van der Waals surface area contributed by atoms with E-state index in [0.29, 0.717) is 11.3 Å². The summed E-state index contributed by atoms with van der Waals surface area (Å²) >= 11 is 0. The van der Waals surface area contributed by atoms with Crippen molar-refractivity contribution in [1.82, 2.24) is 0 Å². The maximum Gasteiger partial charge on any atom is 0.143 e. The molecule has 0 radical (unpaired) electrons. The minimum Gasteiger partial charge on any atom is -0.461 e. The maximum atomic E-state index is 11.1. The average Bonchev–Trinajstić information content (AvgIpc) is 2.75. The van der Waals surface area contributed by atoms with Crippen molar-refractivity contribution < 1.29 is 14.3 Å². The van der Waals surface area contributed by atoms with Crippen LogP contribution in [0, 0.1) is 0 Å². The van der Waals surface area contributed by atoms with Crippen molar-refractivity contribution in [2.75, 3.05) is 13.2 Å². The van der Waals surface area contributed by atoms with Crippen molar-refractivity contribution >= 4 is 11.5 Å². The van der Waals surface area contributed by atoms with Crippen LogP contribution in [0.2, 0.25) is 0 Å². The molecule has 28 heavy (non-hydrogen) atoms. The summed E-state index contributed by atoms with van der Waals surface area (Å²) in [6, 6.07) is 15.8. The topological polar surface area (TPSA) is 35.5 Å². The zero-order valence-electron chi connectivity index (χ0n) is 17.7. The lowest BCUT2D eigenvalue weighted by atomic mass is 9.96. The molecular formula is C25H32O3. The van der Waals surface area contributed by atoms with Crippen molar-refractivity contribution in [3.63, 3.8) is 0 Å². The van der Waals surface area contributed by atoms with Gasteiger partial charge in [-0.3, -0.25) is 0 Å². The first-order valence-electron chi connectivity index (χ1n) is 10.1. The molecule has 3 heteroatoms. The van der Waals surface area contributed by atoms with E-state index in [1.165, 1.54) is 0 Å². The highest BCUT2D eigenvalue weighted by atomic mass is 16.5. The quantitative estimate of drug-likeness (QED) is 0.427. The van der Waals surface area contributed by atoms with E-state index in [9.17, 15) is 4.79 Å². The summed E-state index contributed by atoms with van der Waals surface area (Å²) in [4.78, 5) is 11.1. The molecule has 2 aromatic carbocycles. The lowest BCUT2D eigenvalue weighted by Crippen LogP contribution is -2.03. The van der Waals surface area contributed by atoms with Gasteiger partial charge in [-0.1, -0.05) is 70.2 Å². The molecule has 0 aliphatic carbocycles. The van der Waals surface area contributed by atoms with E-state index in [1.54, 1.807) is 6.08 Å². The molecule has 3 nitrogen and oxygen atoms in total. The van der Waals surface area contributed by atoms with E-state index in [0.717, 1.165) is 48.5 Å². The lowest BCUT2D eigenvalue weighted by molar-refractivity contribution is 0.135. The summed E-state index contributed by atoms with van der Waals surface area (Å²) in [5.74, 6) is 3.41. The zero-order chi connectivity index (χ0) is 20.8. The van der Waals surface area contributed by atoms with Gasteiger partial charge in [0.25, 0.3) is 0 Å². The second-order valence-electron chi connectivity index (χ2n) is 6.03. The SMILES string of the molecule is CC.CC1=CC(=C=O)c2cccc(-c3ccccc3)c2O1.CCCOCCC. The van der Waals surface area contributed by atoms with Gasteiger partial charge in [-0.25, -0.2) is 4.79 Å². The van der Waals surface area contributed by atoms with Gasteiger partial charge in [0, 0.05) is 24.3 Å². The van der Waals surface area contributed by atoms with Gasteiger partial charge in [0.1, 0.15) is 17.5 Å². The first-order valence-corrected chi connectivity index (χ1v) is 10.1. The first kappa shape index (κ1) is 23.4. The molecule has 0 bridgehead atoms. The second kappa shape index (κ2) is 13.5. The fourth-order valence-corrected chi connectivity index (χ4v) is 2.65. The highest BCUT2D eigenvalue weighted by molar-refractivity contribution is 5.98. The molecule has 1 aliphatic rings. The molecule has 1 heterocycles. The number of hydrogen-bond acceptors (Lipinski definition) is 3. The van der Waals surface area contributed by atoms with Gasteiger partial charge in [0.05, 0.1) is 5.57 Å². The number of benzene rings is 2. The van der Waals surface area contributed by atoms with E-state index in [-0.39, 0.29) is 0 Å². The number of para-hydroxylation sites is 1. The van der Waals surface area contributed by atoms with Crippen LogP contribution >= 0.6 is 0 Å². The Bertz CT molecular complexity index is 781. The summed E-state index contributed by atoms with van der Waals surface area (Å²) < 4.78 is 10.9. The fourth-order valence-electron chi connectivity index (χ4n) is 2.65. The Morgan fingerprint density at radius 2 is 1.50 bits per heavy atom. The van der Waals surface area contributed by atoms with Gasteiger partial charge in [0.2, 0.25) is 0 Å². The minimum absolute atomic E-state index is 0.538. The van der Waals surface area contributed by atoms with Crippen LogP contribution in [0.1, 0.15) is 53.0 Å². The third kappa shape index (κ3) is 6.84. The van der Waals surface area contributed by atoms with Crippen LogP contribution in [-0.2, 0) is 9.53 Å². The monoisotopic (exact) mass is 380 g/mol.